The number of hydrogen-bond acceptors (Lipinski definition) is 6. The molecule has 2 aromatic rings. The van der Waals surface area contributed by atoms with Crippen LogP contribution in [0.1, 0.15) is 19.3 Å². The van der Waals surface area contributed by atoms with Crippen molar-refractivity contribution in [1.82, 2.24) is 9.97 Å². The first-order valence-electron chi connectivity index (χ1n) is 8.01. The van der Waals surface area contributed by atoms with Crippen LogP contribution in [0.3, 0.4) is 0 Å². The van der Waals surface area contributed by atoms with Gasteiger partial charge in [0.05, 0.1) is 4.92 Å². The molecule has 1 aliphatic rings. The second-order valence-electron chi connectivity index (χ2n) is 5.70. The number of aromatic nitrogens is 2. The standard InChI is InChI=1S/C16H18N6O3/c23-16(19-12-5-4-6-13(9-12)22(24)25)20-14-10-15(18-11-17-14)21-7-2-1-3-8-21/h4-6,9-11H,1-3,7-8H2,(H2,17,18,19,20,23). The van der Waals surface area contributed by atoms with E-state index in [1.165, 1.54) is 30.9 Å². The molecule has 25 heavy (non-hydrogen) atoms. The highest BCUT2D eigenvalue weighted by Crippen LogP contribution is 2.20. The highest BCUT2D eigenvalue weighted by molar-refractivity contribution is 5.99. The smallest absolute Gasteiger partial charge is 0.324 e. The summed E-state index contributed by atoms with van der Waals surface area (Å²) in [6, 6.07) is 6.93. The number of carbonyl (C=O) groups is 1. The molecule has 0 radical (unpaired) electrons. The van der Waals surface area contributed by atoms with Crippen molar-refractivity contribution in [3.8, 4) is 0 Å². The number of carbonyl (C=O) groups excluding carboxylic acids is 1. The molecule has 1 saturated heterocycles. The van der Waals surface area contributed by atoms with Crippen molar-refractivity contribution in [1.29, 1.82) is 0 Å². The Morgan fingerprint density at radius 3 is 2.68 bits per heavy atom. The van der Waals surface area contributed by atoms with Crippen molar-refractivity contribution in [2.24, 2.45) is 0 Å². The van der Waals surface area contributed by atoms with Crippen LogP contribution in [0.4, 0.5) is 27.8 Å². The molecule has 1 aromatic carbocycles. The summed E-state index contributed by atoms with van der Waals surface area (Å²) in [6.45, 7) is 1.88. The normalized spacial score (nSPS) is 14.0. The summed E-state index contributed by atoms with van der Waals surface area (Å²) in [5.74, 6) is 1.15. The maximum Gasteiger partial charge on any atom is 0.324 e. The second kappa shape index (κ2) is 7.56. The van der Waals surface area contributed by atoms with E-state index < -0.39 is 11.0 Å². The molecule has 1 aromatic heterocycles. The number of nitro groups is 1. The fraction of sp³-hybridized carbons (Fsp3) is 0.312. The summed E-state index contributed by atoms with van der Waals surface area (Å²) in [5, 5.41) is 16.0. The third-order valence-electron chi connectivity index (χ3n) is 3.89. The molecule has 9 nitrogen and oxygen atoms in total. The largest absolute Gasteiger partial charge is 0.356 e. The zero-order valence-electron chi connectivity index (χ0n) is 13.5. The van der Waals surface area contributed by atoms with Gasteiger partial charge in [-0.3, -0.25) is 15.4 Å². The van der Waals surface area contributed by atoms with E-state index in [9.17, 15) is 14.9 Å². The number of benzene rings is 1. The van der Waals surface area contributed by atoms with Crippen molar-refractivity contribution in [3.05, 3.63) is 46.8 Å². The van der Waals surface area contributed by atoms with Crippen LogP contribution in [0.5, 0.6) is 0 Å². The first-order chi connectivity index (χ1) is 12.1. The van der Waals surface area contributed by atoms with Crippen molar-refractivity contribution < 1.29 is 9.72 Å². The molecule has 0 unspecified atom stereocenters. The highest BCUT2D eigenvalue weighted by atomic mass is 16.6. The minimum Gasteiger partial charge on any atom is -0.356 e. The van der Waals surface area contributed by atoms with Crippen LogP contribution < -0.4 is 15.5 Å². The van der Waals surface area contributed by atoms with Crippen LogP contribution in [0.15, 0.2) is 36.7 Å². The van der Waals surface area contributed by atoms with Crippen LogP contribution in [0, 0.1) is 10.1 Å². The van der Waals surface area contributed by atoms with Crippen LogP contribution in [0.25, 0.3) is 0 Å². The van der Waals surface area contributed by atoms with Gasteiger partial charge in [-0.2, -0.15) is 0 Å². The number of piperidine rings is 1. The van der Waals surface area contributed by atoms with E-state index in [1.54, 1.807) is 12.1 Å². The summed E-state index contributed by atoms with van der Waals surface area (Å²) in [4.78, 5) is 32.8. The highest BCUT2D eigenvalue weighted by Gasteiger charge is 2.14. The van der Waals surface area contributed by atoms with Gasteiger partial charge in [-0.25, -0.2) is 14.8 Å². The Kier molecular flexibility index (Phi) is 5.03. The van der Waals surface area contributed by atoms with Crippen molar-refractivity contribution >= 4 is 29.0 Å². The van der Waals surface area contributed by atoms with E-state index in [1.807, 2.05) is 0 Å². The van der Waals surface area contributed by atoms with Gasteiger partial charge in [0.1, 0.15) is 18.0 Å². The number of urea groups is 1. The Balaban J connectivity index is 1.64. The summed E-state index contributed by atoms with van der Waals surface area (Å²) in [6.07, 6.45) is 4.88. The molecule has 0 spiro atoms. The lowest BCUT2D eigenvalue weighted by Gasteiger charge is -2.27. The van der Waals surface area contributed by atoms with E-state index in [4.69, 9.17) is 0 Å². The maximum atomic E-state index is 12.1. The lowest BCUT2D eigenvalue weighted by molar-refractivity contribution is -0.384. The lowest BCUT2D eigenvalue weighted by atomic mass is 10.1. The van der Waals surface area contributed by atoms with Gasteiger partial charge in [0, 0.05) is 37.0 Å². The number of amides is 2. The van der Waals surface area contributed by atoms with E-state index >= 15 is 0 Å². The molecular formula is C16H18N6O3. The fourth-order valence-electron chi connectivity index (χ4n) is 2.69. The van der Waals surface area contributed by atoms with Gasteiger partial charge in [-0.05, 0) is 25.3 Å². The monoisotopic (exact) mass is 342 g/mol. The third kappa shape index (κ3) is 4.40. The zero-order chi connectivity index (χ0) is 17.6. The summed E-state index contributed by atoms with van der Waals surface area (Å²) < 4.78 is 0. The van der Waals surface area contributed by atoms with E-state index in [-0.39, 0.29) is 5.69 Å². The molecule has 1 fully saturated rings. The molecule has 0 atom stereocenters. The van der Waals surface area contributed by atoms with Crippen LogP contribution in [-0.4, -0.2) is 34.0 Å². The number of nitrogens with zero attached hydrogens (tertiary/aromatic N) is 4. The molecule has 2 amide bonds. The molecule has 0 aliphatic carbocycles. The van der Waals surface area contributed by atoms with Crippen molar-refractivity contribution in [2.45, 2.75) is 19.3 Å². The molecule has 1 aliphatic heterocycles. The van der Waals surface area contributed by atoms with Gasteiger partial charge >= 0.3 is 6.03 Å². The van der Waals surface area contributed by atoms with Crippen molar-refractivity contribution in [3.63, 3.8) is 0 Å². The number of non-ortho nitro benzene ring substituents is 1. The Morgan fingerprint density at radius 1 is 1.12 bits per heavy atom. The lowest BCUT2D eigenvalue weighted by Crippen LogP contribution is -2.30. The molecule has 3 rings (SSSR count). The van der Waals surface area contributed by atoms with Gasteiger partial charge in [-0.15, -0.1) is 0 Å². The molecule has 2 N–H and O–H groups in total. The quantitative estimate of drug-likeness (QED) is 0.652. The Labute approximate surface area is 144 Å². The van der Waals surface area contributed by atoms with Crippen molar-refractivity contribution in [2.75, 3.05) is 28.6 Å². The molecule has 0 bridgehead atoms. The molecule has 9 heteroatoms. The molecule has 0 saturated carbocycles. The number of nitro benzene ring substituents is 1. The Bertz CT molecular complexity index is 776. The van der Waals surface area contributed by atoms with Gasteiger partial charge in [0.2, 0.25) is 0 Å². The van der Waals surface area contributed by atoms with Gasteiger partial charge < -0.3 is 10.2 Å². The zero-order valence-corrected chi connectivity index (χ0v) is 13.5. The van der Waals surface area contributed by atoms with Crippen LogP contribution in [0.2, 0.25) is 0 Å². The van der Waals surface area contributed by atoms with E-state index in [0.29, 0.717) is 11.5 Å². The minimum absolute atomic E-state index is 0.0905. The van der Waals surface area contributed by atoms with E-state index in [2.05, 4.69) is 25.5 Å². The number of hydrogen-bond donors (Lipinski definition) is 2. The first-order valence-corrected chi connectivity index (χ1v) is 8.01. The maximum absolute atomic E-state index is 12.1. The second-order valence-corrected chi connectivity index (χ2v) is 5.70. The predicted molar refractivity (Wildman–Crippen MR) is 93.8 cm³/mol. The number of anilines is 3. The van der Waals surface area contributed by atoms with E-state index in [0.717, 1.165) is 31.7 Å². The molecule has 130 valence electrons. The molecule has 2 heterocycles. The Hall–Kier alpha value is -3.23. The average molecular weight is 342 g/mol. The van der Waals surface area contributed by atoms with Gasteiger partial charge in [-0.1, -0.05) is 6.07 Å². The van der Waals surface area contributed by atoms with Gasteiger partial charge in [0.15, 0.2) is 0 Å². The SMILES string of the molecule is O=C(Nc1cccc([N+](=O)[O-])c1)Nc1cc(N2CCCCC2)ncn1. The minimum atomic E-state index is -0.524. The topological polar surface area (TPSA) is 113 Å². The number of rotatable bonds is 4. The Morgan fingerprint density at radius 2 is 1.92 bits per heavy atom. The first kappa shape index (κ1) is 16.6. The molecular weight excluding hydrogens is 324 g/mol. The number of nitrogens with one attached hydrogen (secondary N) is 2. The fourth-order valence-corrected chi connectivity index (χ4v) is 2.69. The van der Waals surface area contributed by atoms with Crippen LogP contribution in [-0.2, 0) is 0 Å². The summed E-state index contributed by atoms with van der Waals surface area (Å²) in [5.41, 5.74) is 0.240. The summed E-state index contributed by atoms with van der Waals surface area (Å²) >= 11 is 0. The average Bonchev–Trinajstić information content (AvgIpc) is 2.63. The van der Waals surface area contributed by atoms with Crippen LogP contribution >= 0.6 is 0 Å². The summed E-state index contributed by atoms with van der Waals surface area (Å²) in [7, 11) is 0. The third-order valence-corrected chi connectivity index (χ3v) is 3.89. The van der Waals surface area contributed by atoms with Gasteiger partial charge in [0.25, 0.3) is 5.69 Å². The predicted octanol–water partition coefficient (Wildman–Crippen LogP) is 3.02.